The molecule has 1 aromatic heterocycles. The highest BCUT2D eigenvalue weighted by Gasteiger charge is 2.13. The molecule has 0 aliphatic rings. The number of carbonyl (C=O) groups excluding carboxylic acids is 2. The van der Waals surface area contributed by atoms with Gasteiger partial charge in [0.1, 0.15) is 6.26 Å². The molecule has 0 fully saturated rings. The van der Waals surface area contributed by atoms with E-state index < -0.39 is 15.9 Å². The zero-order valence-electron chi connectivity index (χ0n) is 13.8. The van der Waals surface area contributed by atoms with Gasteiger partial charge < -0.3 is 15.1 Å². The van der Waals surface area contributed by atoms with Gasteiger partial charge in [-0.2, -0.15) is 0 Å². The normalized spacial score (nSPS) is 12.2. The maximum Gasteiger partial charge on any atom is 0.254 e. The molecule has 0 spiro atoms. The fourth-order valence-electron chi connectivity index (χ4n) is 2.12. The Hall–Kier alpha value is -2.81. The van der Waals surface area contributed by atoms with E-state index in [1.54, 1.807) is 31.2 Å². The molecule has 1 unspecified atom stereocenters. The second kappa shape index (κ2) is 7.84. The summed E-state index contributed by atoms with van der Waals surface area (Å²) < 4.78 is 29.7. The van der Waals surface area contributed by atoms with Gasteiger partial charge in [0, 0.05) is 5.69 Å². The number of amides is 2. The molecule has 134 valence electrons. The van der Waals surface area contributed by atoms with E-state index in [1.807, 2.05) is 0 Å². The predicted octanol–water partition coefficient (Wildman–Crippen LogP) is 1.26. The van der Waals surface area contributed by atoms with E-state index in [9.17, 15) is 18.0 Å². The van der Waals surface area contributed by atoms with E-state index in [0.717, 1.165) is 11.8 Å². The van der Waals surface area contributed by atoms with Crippen LogP contribution in [-0.4, -0.2) is 33.0 Å². The van der Waals surface area contributed by atoms with E-state index in [0.29, 0.717) is 11.3 Å². The van der Waals surface area contributed by atoms with Gasteiger partial charge in [-0.25, -0.2) is 8.42 Å². The molecule has 3 N–H and O–H groups in total. The SMILES string of the molecule is CC(NC(=O)CNC(=O)c1ccoc1)c1cccc(NS(C)(=O)=O)c1. The molecule has 8 nitrogen and oxygen atoms in total. The van der Waals surface area contributed by atoms with Crippen LogP contribution in [0.5, 0.6) is 0 Å². The summed E-state index contributed by atoms with van der Waals surface area (Å²) in [5.41, 5.74) is 1.47. The number of nitrogens with one attached hydrogen (secondary N) is 3. The molecule has 0 aliphatic heterocycles. The van der Waals surface area contributed by atoms with E-state index >= 15 is 0 Å². The van der Waals surface area contributed by atoms with Gasteiger partial charge in [0.05, 0.1) is 30.7 Å². The minimum atomic E-state index is -3.37. The monoisotopic (exact) mass is 365 g/mol. The van der Waals surface area contributed by atoms with Crippen molar-refractivity contribution in [2.24, 2.45) is 0 Å². The lowest BCUT2D eigenvalue weighted by atomic mass is 10.1. The maximum absolute atomic E-state index is 12.0. The van der Waals surface area contributed by atoms with Crippen LogP contribution in [0.2, 0.25) is 0 Å². The molecule has 0 saturated carbocycles. The standard InChI is InChI=1S/C16H19N3O5S/c1-11(12-4-3-5-14(8-12)19-25(2,22)23)18-15(20)9-17-16(21)13-6-7-24-10-13/h3-8,10-11,19H,9H2,1-2H3,(H,17,21)(H,18,20). The van der Waals surface area contributed by atoms with Gasteiger partial charge in [-0.05, 0) is 30.7 Å². The van der Waals surface area contributed by atoms with Crippen molar-refractivity contribution in [1.29, 1.82) is 0 Å². The number of hydrogen-bond acceptors (Lipinski definition) is 5. The Labute approximate surface area is 145 Å². The third-order valence-electron chi connectivity index (χ3n) is 3.26. The van der Waals surface area contributed by atoms with Gasteiger partial charge in [0.15, 0.2) is 0 Å². The van der Waals surface area contributed by atoms with Crippen molar-refractivity contribution < 1.29 is 22.4 Å². The molecule has 2 aromatic rings. The summed E-state index contributed by atoms with van der Waals surface area (Å²) in [5.74, 6) is -0.776. The molecular weight excluding hydrogens is 346 g/mol. The summed E-state index contributed by atoms with van der Waals surface area (Å²) >= 11 is 0. The van der Waals surface area contributed by atoms with Gasteiger partial charge in [-0.1, -0.05) is 12.1 Å². The first kappa shape index (κ1) is 18.5. The first-order valence-electron chi connectivity index (χ1n) is 7.42. The molecule has 0 aliphatic carbocycles. The zero-order valence-corrected chi connectivity index (χ0v) is 14.6. The molecule has 0 saturated heterocycles. The number of sulfonamides is 1. The average Bonchev–Trinajstić information content (AvgIpc) is 3.05. The number of hydrogen-bond donors (Lipinski definition) is 3. The van der Waals surface area contributed by atoms with Gasteiger partial charge in [0.2, 0.25) is 15.9 Å². The quantitative estimate of drug-likeness (QED) is 0.683. The van der Waals surface area contributed by atoms with Crippen LogP contribution in [-0.2, 0) is 14.8 Å². The highest BCUT2D eigenvalue weighted by Crippen LogP contribution is 2.18. The molecule has 0 radical (unpaired) electrons. The third kappa shape index (κ3) is 5.96. The second-order valence-corrected chi connectivity index (χ2v) is 7.23. The number of anilines is 1. The third-order valence-corrected chi connectivity index (χ3v) is 3.87. The number of carbonyl (C=O) groups is 2. The summed E-state index contributed by atoms with van der Waals surface area (Å²) in [6.07, 6.45) is 3.72. The highest BCUT2D eigenvalue weighted by atomic mass is 32.2. The highest BCUT2D eigenvalue weighted by molar-refractivity contribution is 7.92. The van der Waals surface area contributed by atoms with Gasteiger partial charge in [-0.15, -0.1) is 0 Å². The van der Waals surface area contributed by atoms with Crippen molar-refractivity contribution in [2.45, 2.75) is 13.0 Å². The first-order valence-corrected chi connectivity index (χ1v) is 9.31. The van der Waals surface area contributed by atoms with Crippen LogP contribution >= 0.6 is 0 Å². The van der Waals surface area contributed by atoms with E-state index in [1.165, 1.54) is 18.6 Å². The van der Waals surface area contributed by atoms with Crippen molar-refractivity contribution in [1.82, 2.24) is 10.6 Å². The van der Waals surface area contributed by atoms with E-state index in [4.69, 9.17) is 4.42 Å². The molecule has 2 amide bonds. The smallest absolute Gasteiger partial charge is 0.254 e. The van der Waals surface area contributed by atoms with Crippen molar-refractivity contribution in [3.63, 3.8) is 0 Å². The molecular formula is C16H19N3O5S. The van der Waals surface area contributed by atoms with Crippen LogP contribution in [0.15, 0.2) is 47.3 Å². The Morgan fingerprint density at radius 2 is 2.00 bits per heavy atom. The molecule has 1 heterocycles. The molecule has 1 atom stereocenters. The van der Waals surface area contributed by atoms with Crippen LogP contribution in [0.25, 0.3) is 0 Å². The number of rotatable bonds is 7. The minimum Gasteiger partial charge on any atom is -0.472 e. The fourth-order valence-corrected chi connectivity index (χ4v) is 2.67. The zero-order chi connectivity index (χ0) is 18.4. The summed E-state index contributed by atoms with van der Waals surface area (Å²) in [6.45, 7) is 1.57. The molecule has 9 heteroatoms. The lowest BCUT2D eigenvalue weighted by Crippen LogP contribution is -2.37. The van der Waals surface area contributed by atoms with Crippen LogP contribution in [0.4, 0.5) is 5.69 Å². The van der Waals surface area contributed by atoms with Gasteiger partial charge >= 0.3 is 0 Å². The first-order chi connectivity index (χ1) is 11.7. The van der Waals surface area contributed by atoms with Gasteiger partial charge in [0.25, 0.3) is 5.91 Å². The van der Waals surface area contributed by atoms with Gasteiger partial charge in [-0.3, -0.25) is 14.3 Å². The Morgan fingerprint density at radius 1 is 1.24 bits per heavy atom. The average molecular weight is 365 g/mol. The number of benzene rings is 1. The molecule has 25 heavy (non-hydrogen) atoms. The second-order valence-electron chi connectivity index (χ2n) is 5.48. The Morgan fingerprint density at radius 3 is 2.64 bits per heavy atom. The summed E-state index contributed by atoms with van der Waals surface area (Å²) in [5, 5.41) is 5.21. The van der Waals surface area contributed by atoms with Crippen LogP contribution in [0, 0.1) is 0 Å². The van der Waals surface area contributed by atoms with Crippen molar-refractivity contribution in [2.75, 3.05) is 17.5 Å². The largest absolute Gasteiger partial charge is 0.472 e. The van der Waals surface area contributed by atoms with Crippen molar-refractivity contribution in [3.8, 4) is 0 Å². The predicted molar refractivity (Wildman–Crippen MR) is 92.5 cm³/mol. The molecule has 0 bridgehead atoms. The van der Waals surface area contributed by atoms with Crippen molar-refractivity contribution >= 4 is 27.5 Å². The fraction of sp³-hybridized carbons (Fsp3) is 0.250. The Balaban J connectivity index is 1.90. The van der Waals surface area contributed by atoms with Crippen LogP contribution < -0.4 is 15.4 Å². The summed E-state index contributed by atoms with van der Waals surface area (Å²) in [6, 6.07) is 7.84. The lowest BCUT2D eigenvalue weighted by Gasteiger charge is -2.16. The summed E-state index contributed by atoms with van der Waals surface area (Å²) in [4.78, 5) is 23.7. The maximum atomic E-state index is 12.0. The molecule has 2 rings (SSSR count). The summed E-state index contributed by atoms with van der Waals surface area (Å²) in [7, 11) is -3.37. The molecule has 1 aromatic carbocycles. The lowest BCUT2D eigenvalue weighted by molar-refractivity contribution is -0.120. The van der Waals surface area contributed by atoms with E-state index in [2.05, 4.69) is 15.4 Å². The minimum absolute atomic E-state index is 0.185. The van der Waals surface area contributed by atoms with Crippen molar-refractivity contribution in [3.05, 3.63) is 54.0 Å². The Bertz CT molecular complexity index is 846. The van der Waals surface area contributed by atoms with E-state index in [-0.39, 0.29) is 18.5 Å². The number of furan rings is 1. The Kier molecular flexibility index (Phi) is 5.81. The topological polar surface area (TPSA) is 118 Å². The van der Waals surface area contributed by atoms with Crippen LogP contribution in [0.3, 0.4) is 0 Å². The van der Waals surface area contributed by atoms with Crippen LogP contribution in [0.1, 0.15) is 28.9 Å².